The van der Waals surface area contributed by atoms with Gasteiger partial charge in [0, 0.05) is 0 Å². The van der Waals surface area contributed by atoms with Crippen LogP contribution in [0.2, 0.25) is 0 Å². The second-order valence-corrected chi connectivity index (χ2v) is 9.05. The molecule has 2 aromatic carbocycles. The van der Waals surface area contributed by atoms with Gasteiger partial charge in [-0.2, -0.15) is 0 Å². The van der Waals surface area contributed by atoms with Gasteiger partial charge in [0.1, 0.15) is 11.3 Å². The Kier molecular flexibility index (Phi) is 12.7. The highest BCUT2D eigenvalue weighted by molar-refractivity contribution is 5.92. The summed E-state index contributed by atoms with van der Waals surface area (Å²) in [6.07, 6.45) is 6.38. The van der Waals surface area contributed by atoms with Crippen molar-refractivity contribution in [2.75, 3.05) is 0 Å². The van der Waals surface area contributed by atoms with E-state index >= 15 is 0 Å². The molecule has 2 aromatic rings. The first kappa shape index (κ1) is 29.0. The lowest BCUT2D eigenvalue weighted by Crippen LogP contribution is -2.22. The number of aryl methyl sites for hydroxylation is 1. The molecule has 0 aliphatic carbocycles. The molecule has 1 unspecified atom stereocenters. The lowest BCUT2D eigenvalue weighted by Gasteiger charge is -2.12. The Bertz CT molecular complexity index is 972. The lowest BCUT2D eigenvalue weighted by molar-refractivity contribution is -0.140. The van der Waals surface area contributed by atoms with Crippen LogP contribution in [0.4, 0.5) is 4.39 Å². The van der Waals surface area contributed by atoms with Crippen molar-refractivity contribution in [3.63, 3.8) is 0 Å². The summed E-state index contributed by atoms with van der Waals surface area (Å²) < 4.78 is 24.5. The molecule has 2 atom stereocenters. The van der Waals surface area contributed by atoms with Crippen molar-refractivity contribution in [2.24, 2.45) is 0 Å². The highest BCUT2D eigenvalue weighted by Gasteiger charge is 2.21. The summed E-state index contributed by atoms with van der Waals surface area (Å²) in [5, 5.41) is 9.11. The third kappa shape index (κ3) is 10.2. The maximum atomic E-state index is 14.2. The second-order valence-electron chi connectivity index (χ2n) is 9.05. The molecule has 0 radical (unpaired) electrons. The SMILES string of the molecule is CCCC(C)OC(=O)c1ccc(CCCCCCCC[C@@H](F)C(=O)Oc2ccccc2C(=O)O)cc1. The first-order chi connectivity index (χ1) is 17.3. The molecule has 0 saturated carbocycles. The van der Waals surface area contributed by atoms with E-state index in [1.165, 1.54) is 29.8 Å². The summed E-state index contributed by atoms with van der Waals surface area (Å²) in [6.45, 7) is 3.97. The van der Waals surface area contributed by atoms with Crippen molar-refractivity contribution in [2.45, 2.75) is 90.3 Å². The van der Waals surface area contributed by atoms with Crippen LogP contribution in [-0.2, 0) is 16.0 Å². The molecule has 1 N–H and O–H groups in total. The summed E-state index contributed by atoms with van der Waals surface area (Å²) >= 11 is 0. The van der Waals surface area contributed by atoms with Crippen LogP contribution in [0.15, 0.2) is 48.5 Å². The second kappa shape index (κ2) is 15.7. The maximum absolute atomic E-state index is 14.2. The molecule has 0 saturated heterocycles. The van der Waals surface area contributed by atoms with E-state index in [0.29, 0.717) is 12.0 Å². The van der Waals surface area contributed by atoms with Gasteiger partial charge < -0.3 is 14.6 Å². The van der Waals surface area contributed by atoms with Crippen LogP contribution in [-0.4, -0.2) is 35.3 Å². The summed E-state index contributed by atoms with van der Waals surface area (Å²) in [6, 6.07) is 13.3. The topological polar surface area (TPSA) is 89.9 Å². The number of carboxylic acid groups (broad SMARTS) is 1. The van der Waals surface area contributed by atoms with Gasteiger partial charge in [-0.25, -0.2) is 18.8 Å². The van der Waals surface area contributed by atoms with Crippen LogP contribution < -0.4 is 4.74 Å². The van der Waals surface area contributed by atoms with Gasteiger partial charge in [0.05, 0.1) is 11.7 Å². The van der Waals surface area contributed by atoms with Crippen molar-refractivity contribution in [3.05, 3.63) is 65.2 Å². The number of carbonyl (C=O) groups is 3. The van der Waals surface area contributed by atoms with Gasteiger partial charge in [-0.05, 0) is 68.9 Å². The van der Waals surface area contributed by atoms with Crippen molar-refractivity contribution < 1.29 is 33.4 Å². The van der Waals surface area contributed by atoms with E-state index in [1.807, 2.05) is 31.2 Å². The number of rotatable bonds is 16. The molecule has 0 fully saturated rings. The Morgan fingerprint density at radius 1 is 0.889 bits per heavy atom. The molecule has 0 aliphatic rings. The van der Waals surface area contributed by atoms with Gasteiger partial charge in [-0.1, -0.05) is 63.3 Å². The fraction of sp³-hybridized carbons (Fsp3) is 0.483. The fourth-order valence-electron chi connectivity index (χ4n) is 3.91. The summed E-state index contributed by atoms with van der Waals surface area (Å²) in [5.74, 6) is -2.72. The number of carboxylic acids is 1. The molecule has 7 heteroatoms. The Morgan fingerprint density at radius 2 is 1.53 bits per heavy atom. The van der Waals surface area contributed by atoms with Crippen molar-refractivity contribution in [1.29, 1.82) is 0 Å². The normalized spacial score (nSPS) is 12.5. The van der Waals surface area contributed by atoms with E-state index in [2.05, 4.69) is 6.92 Å². The molecular weight excluding hydrogens is 463 g/mol. The van der Waals surface area contributed by atoms with E-state index < -0.39 is 18.1 Å². The highest BCUT2D eigenvalue weighted by atomic mass is 19.1. The van der Waals surface area contributed by atoms with E-state index in [-0.39, 0.29) is 29.8 Å². The average Bonchev–Trinajstić information content (AvgIpc) is 2.86. The predicted molar refractivity (Wildman–Crippen MR) is 136 cm³/mol. The number of hydrogen-bond acceptors (Lipinski definition) is 5. The van der Waals surface area contributed by atoms with Gasteiger partial charge in [0.2, 0.25) is 0 Å². The van der Waals surface area contributed by atoms with E-state index in [9.17, 15) is 18.8 Å². The third-order valence-electron chi connectivity index (χ3n) is 5.95. The molecule has 0 amide bonds. The third-order valence-corrected chi connectivity index (χ3v) is 5.95. The van der Waals surface area contributed by atoms with Crippen molar-refractivity contribution in [3.8, 4) is 5.75 Å². The maximum Gasteiger partial charge on any atom is 0.346 e. The zero-order valence-electron chi connectivity index (χ0n) is 21.2. The zero-order chi connectivity index (χ0) is 26.3. The zero-order valence-corrected chi connectivity index (χ0v) is 21.2. The smallest absolute Gasteiger partial charge is 0.346 e. The first-order valence-corrected chi connectivity index (χ1v) is 12.8. The number of alkyl halides is 1. The van der Waals surface area contributed by atoms with Crippen LogP contribution >= 0.6 is 0 Å². The molecule has 36 heavy (non-hydrogen) atoms. The largest absolute Gasteiger partial charge is 0.478 e. The molecule has 196 valence electrons. The van der Waals surface area contributed by atoms with Crippen molar-refractivity contribution in [1.82, 2.24) is 0 Å². The molecule has 0 bridgehead atoms. The number of halogens is 1. The van der Waals surface area contributed by atoms with Crippen LogP contribution in [0.3, 0.4) is 0 Å². The number of benzene rings is 2. The lowest BCUT2D eigenvalue weighted by atomic mass is 10.0. The average molecular weight is 501 g/mol. The molecule has 0 aromatic heterocycles. The summed E-state index contributed by atoms with van der Waals surface area (Å²) in [4.78, 5) is 35.2. The minimum Gasteiger partial charge on any atom is -0.478 e. The van der Waals surface area contributed by atoms with E-state index in [1.54, 1.807) is 0 Å². The van der Waals surface area contributed by atoms with E-state index in [4.69, 9.17) is 14.6 Å². The molecule has 6 nitrogen and oxygen atoms in total. The van der Waals surface area contributed by atoms with Gasteiger partial charge in [-0.3, -0.25) is 0 Å². The Morgan fingerprint density at radius 3 is 2.19 bits per heavy atom. The fourth-order valence-corrected chi connectivity index (χ4v) is 3.91. The Labute approximate surface area is 212 Å². The number of ether oxygens (including phenoxy) is 2. The first-order valence-electron chi connectivity index (χ1n) is 12.8. The minimum absolute atomic E-state index is 0.0556. The van der Waals surface area contributed by atoms with Crippen LogP contribution in [0.1, 0.15) is 97.9 Å². The number of carbonyl (C=O) groups excluding carboxylic acids is 2. The molecule has 0 spiro atoms. The van der Waals surface area contributed by atoms with Gasteiger partial charge in [0.15, 0.2) is 6.17 Å². The number of aromatic carboxylic acids is 1. The van der Waals surface area contributed by atoms with Gasteiger partial charge in [0.25, 0.3) is 0 Å². The monoisotopic (exact) mass is 500 g/mol. The minimum atomic E-state index is -1.78. The molecule has 2 rings (SSSR count). The number of unbranched alkanes of at least 4 members (excludes halogenated alkanes) is 5. The molecular formula is C29H37FO6. The summed E-state index contributed by atoms with van der Waals surface area (Å²) in [7, 11) is 0. The standard InChI is InChI=1S/C29H37FO6/c1-3-12-21(2)35-28(33)23-19-17-22(18-20-23)13-8-6-4-5-7-9-15-25(30)29(34)36-26-16-11-10-14-24(26)27(31)32/h10-11,14,16-21,25H,3-9,12-13,15H2,1-2H3,(H,31,32)/t21?,25-/m1/s1. The Hall–Kier alpha value is -3.22. The van der Waals surface area contributed by atoms with E-state index in [0.717, 1.165) is 51.4 Å². The van der Waals surface area contributed by atoms with Gasteiger partial charge >= 0.3 is 17.9 Å². The number of hydrogen-bond donors (Lipinski definition) is 1. The Balaban J connectivity index is 1.57. The van der Waals surface area contributed by atoms with Crippen LogP contribution in [0.5, 0.6) is 5.75 Å². The predicted octanol–water partition coefficient (Wildman–Crippen LogP) is 6.95. The van der Waals surface area contributed by atoms with Crippen LogP contribution in [0, 0.1) is 0 Å². The quantitative estimate of drug-likeness (QED) is 0.152. The van der Waals surface area contributed by atoms with Crippen LogP contribution in [0.25, 0.3) is 0 Å². The summed E-state index contributed by atoms with van der Waals surface area (Å²) in [5.41, 5.74) is 1.58. The molecule has 0 heterocycles. The number of para-hydroxylation sites is 1. The van der Waals surface area contributed by atoms with Crippen molar-refractivity contribution >= 4 is 17.9 Å². The highest BCUT2D eigenvalue weighted by Crippen LogP contribution is 2.20. The molecule has 0 aliphatic heterocycles. The number of esters is 2. The van der Waals surface area contributed by atoms with Gasteiger partial charge in [-0.15, -0.1) is 0 Å².